The van der Waals surface area contributed by atoms with Gasteiger partial charge < -0.3 is 4.74 Å². The predicted octanol–water partition coefficient (Wildman–Crippen LogP) is 3.70. The molecule has 0 aliphatic heterocycles. The average molecular weight is 328 g/mol. The molecule has 1 amide bonds. The number of carbonyl (C=O) groups excluding carboxylic acids is 1. The second-order valence-corrected chi connectivity index (χ2v) is 5.28. The molecule has 0 saturated heterocycles. The van der Waals surface area contributed by atoms with Crippen LogP contribution in [0.1, 0.15) is 30.9 Å². The molecular formula is C19H21FN2O2. The maximum atomic E-state index is 12.8. The van der Waals surface area contributed by atoms with Crippen LogP contribution in [-0.2, 0) is 11.2 Å². The summed E-state index contributed by atoms with van der Waals surface area (Å²) in [4.78, 5) is 11.7. The standard InChI is InChI=1S/C19H21FN2O2/c1-2-24-18-12-8-15(9-13-18)4-3-5-19(23)22-21-14-16-6-10-17(20)11-7-16/h6-14H,2-5H2,1H3,(H,22,23)/b21-14-. The minimum Gasteiger partial charge on any atom is -0.494 e. The molecule has 0 spiro atoms. The number of amides is 1. The molecule has 0 radical (unpaired) electrons. The SMILES string of the molecule is CCOc1ccc(CCCC(=O)N/N=C\c2ccc(F)cc2)cc1. The van der Waals surface area contributed by atoms with E-state index in [0.29, 0.717) is 13.0 Å². The Morgan fingerprint density at radius 3 is 2.54 bits per heavy atom. The zero-order valence-electron chi connectivity index (χ0n) is 13.7. The molecule has 1 N–H and O–H groups in total. The molecule has 0 atom stereocenters. The molecule has 0 aliphatic carbocycles. The van der Waals surface area contributed by atoms with Crippen LogP contribution >= 0.6 is 0 Å². The number of nitrogens with zero attached hydrogens (tertiary/aromatic N) is 1. The van der Waals surface area contributed by atoms with Gasteiger partial charge in [-0.05, 0) is 55.2 Å². The van der Waals surface area contributed by atoms with Gasteiger partial charge in [0, 0.05) is 6.42 Å². The highest BCUT2D eigenvalue weighted by Crippen LogP contribution is 2.13. The van der Waals surface area contributed by atoms with Gasteiger partial charge in [0.05, 0.1) is 12.8 Å². The van der Waals surface area contributed by atoms with E-state index >= 15 is 0 Å². The highest BCUT2D eigenvalue weighted by atomic mass is 19.1. The van der Waals surface area contributed by atoms with Crippen molar-refractivity contribution in [2.75, 3.05) is 6.61 Å². The van der Waals surface area contributed by atoms with Crippen LogP contribution in [0.4, 0.5) is 4.39 Å². The van der Waals surface area contributed by atoms with E-state index in [1.54, 1.807) is 12.1 Å². The zero-order valence-corrected chi connectivity index (χ0v) is 13.7. The van der Waals surface area contributed by atoms with Crippen molar-refractivity contribution in [3.8, 4) is 5.75 Å². The van der Waals surface area contributed by atoms with Gasteiger partial charge >= 0.3 is 0 Å². The minimum atomic E-state index is -0.300. The van der Waals surface area contributed by atoms with Crippen LogP contribution in [0.3, 0.4) is 0 Å². The van der Waals surface area contributed by atoms with Crippen molar-refractivity contribution < 1.29 is 13.9 Å². The van der Waals surface area contributed by atoms with Gasteiger partial charge in [-0.25, -0.2) is 9.82 Å². The first-order valence-corrected chi connectivity index (χ1v) is 7.96. The largest absolute Gasteiger partial charge is 0.494 e. The molecule has 0 unspecified atom stereocenters. The third-order valence-corrected chi connectivity index (χ3v) is 3.38. The first kappa shape index (κ1) is 17.7. The van der Waals surface area contributed by atoms with Crippen LogP contribution in [-0.4, -0.2) is 18.7 Å². The van der Waals surface area contributed by atoms with Crippen LogP contribution in [0.2, 0.25) is 0 Å². The Morgan fingerprint density at radius 1 is 1.17 bits per heavy atom. The molecule has 4 nitrogen and oxygen atoms in total. The second kappa shape index (κ2) is 9.45. The van der Waals surface area contributed by atoms with Gasteiger partial charge in [0.1, 0.15) is 11.6 Å². The summed E-state index contributed by atoms with van der Waals surface area (Å²) in [6.45, 7) is 2.60. The number of hydrogen-bond acceptors (Lipinski definition) is 3. The molecule has 0 aromatic heterocycles. The summed E-state index contributed by atoms with van der Waals surface area (Å²) in [7, 11) is 0. The molecule has 0 heterocycles. The van der Waals surface area contributed by atoms with Crippen molar-refractivity contribution >= 4 is 12.1 Å². The highest BCUT2D eigenvalue weighted by molar-refractivity contribution is 5.82. The van der Waals surface area contributed by atoms with Gasteiger partial charge in [0.25, 0.3) is 0 Å². The fourth-order valence-corrected chi connectivity index (χ4v) is 2.16. The molecule has 24 heavy (non-hydrogen) atoms. The lowest BCUT2D eigenvalue weighted by Crippen LogP contribution is -2.17. The second-order valence-electron chi connectivity index (χ2n) is 5.28. The summed E-state index contributed by atoms with van der Waals surface area (Å²) in [5.41, 5.74) is 4.37. The number of halogens is 1. The first-order valence-electron chi connectivity index (χ1n) is 7.96. The van der Waals surface area contributed by atoms with E-state index in [1.165, 1.54) is 23.9 Å². The quantitative estimate of drug-likeness (QED) is 0.593. The van der Waals surface area contributed by atoms with E-state index in [-0.39, 0.29) is 11.7 Å². The number of rotatable bonds is 8. The first-order chi connectivity index (χ1) is 11.7. The van der Waals surface area contributed by atoms with E-state index in [2.05, 4.69) is 10.5 Å². The summed E-state index contributed by atoms with van der Waals surface area (Å²) >= 11 is 0. The predicted molar refractivity (Wildman–Crippen MR) is 92.7 cm³/mol. The molecule has 2 aromatic carbocycles. The Morgan fingerprint density at radius 2 is 1.88 bits per heavy atom. The molecule has 0 bridgehead atoms. The van der Waals surface area contributed by atoms with Crippen molar-refractivity contribution in [3.63, 3.8) is 0 Å². The van der Waals surface area contributed by atoms with Crippen LogP contribution in [0, 0.1) is 5.82 Å². The average Bonchev–Trinajstić information content (AvgIpc) is 2.58. The summed E-state index contributed by atoms with van der Waals surface area (Å²) in [5.74, 6) is 0.416. The normalized spacial score (nSPS) is 10.8. The van der Waals surface area contributed by atoms with Gasteiger partial charge in [0.15, 0.2) is 0 Å². The third-order valence-electron chi connectivity index (χ3n) is 3.38. The van der Waals surface area contributed by atoms with E-state index in [9.17, 15) is 9.18 Å². The lowest BCUT2D eigenvalue weighted by Gasteiger charge is -2.05. The van der Waals surface area contributed by atoms with E-state index in [4.69, 9.17) is 4.74 Å². The van der Waals surface area contributed by atoms with Gasteiger partial charge in [-0.3, -0.25) is 4.79 Å². The number of nitrogens with one attached hydrogen (secondary N) is 1. The zero-order chi connectivity index (χ0) is 17.2. The van der Waals surface area contributed by atoms with E-state index < -0.39 is 0 Å². The minimum absolute atomic E-state index is 0.140. The maximum Gasteiger partial charge on any atom is 0.240 e. The number of carbonyl (C=O) groups is 1. The van der Waals surface area contributed by atoms with Crippen LogP contribution in [0.25, 0.3) is 0 Å². The van der Waals surface area contributed by atoms with Crippen molar-refractivity contribution in [2.24, 2.45) is 5.10 Å². The van der Waals surface area contributed by atoms with E-state index in [1.807, 2.05) is 31.2 Å². The molecule has 126 valence electrons. The Kier molecular flexibility index (Phi) is 6.95. The number of ether oxygens (including phenoxy) is 1. The molecule has 2 rings (SSSR count). The molecule has 2 aromatic rings. The Bertz CT molecular complexity index is 667. The van der Waals surface area contributed by atoms with Gasteiger partial charge in [-0.1, -0.05) is 24.3 Å². The number of hydrogen-bond donors (Lipinski definition) is 1. The summed E-state index contributed by atoms with van der Waals surface area (Å²) in [5, 5.41) is 3.87. The van der Waals surface area contributed by atoms with Crippen molar-refractivity contribution in [2.45, 2.75) is 26.2 Å². The molecule has 0 aliphatic rings. The Hall–Kier alpha value is -2.69. The van der Waals surface area contributed by atoms with Crippen LogP contribution < -0.4 is 10.2 Å². The lowest BCUT2D eigenvalue weighted by atomic mass is 10.1. The fraction of sp³-hybridized carbons (Fsp3) is 0.263. The third kappa shape index (κ3) is 6.20. The Labute approximate surface area is 141 Å². The number of aryl methyl sites for hydroxylation is 1. The smallest absolute Gasteiger partial charge is 0.240 e. The Balaban J connectivity index is 1.68. The van der Waals surface area contributed by atoms with Crippen LogP contribution in [0.15, 0.2) is 53.6 Å². The summed E-state index contributed by atoms with van der Waals surface area (Å²) in [6.07, 6.45) is 3.45. The highest BCUT2D eigenvalue weighted by Gasteiger charge is 2.01. The summed E-state index contributed by atoms with van der Waals surface area (Å²) in [6, 6.07) is 13.8. The number of hydrazone groups is 1. The van der Waals surface area contributed by atoms with Crippen molar-refractivity contribution in [3.05, 3.63) is 65.5 Å². The molecule has 5 heteroatoms. The maximum absolute atomic E-state index is 12.8. The lowest BCUT2D eigenvalue weighted by molar-refractivity contribution is -0.121. The van der Waals surface area contributed by atoms with Gasteiger partial charge in [-0.2, -0.15) is 5.10 Å². The van der Waals surface area contributed by atoms with Crippen LogP contribution in [0.5, 0.6) is 5.75 Å². The summed E-state index contributed by atoms with van der Waals surface area (Å²) < 4.78 is 18.1. The van der Waals surface area contributed by atoms with Gasteiger partial charge in [-0.15, -0.1) is 0 Å². The number of benzene rings is 2. The fourth-order valence-electron chi connectivity index (χ4n) is 2.16. The van der Waals surface area contributed by atoms with Crippen molar-refractivity contribution in [1.29, 1.82) is 0 Å². The molecular weight excluding hydrogens is 307 g/mol. The molecule has 0 saturated carbocycles. The monoisotopic (exact) mass is 328 g/mol. The van der Waals surface area contributed by atoms with Gasteiger partial charge in [0.2, 0.25) is 5.91 Å². The molecule has 0 fully saturated rings. The van der Waals surface area contributed by atoms with E-state index in [0.717, 1.165) is 24.2 Å². The van der Waals surface area contributed by atoms with Crippen molar-refractivity contribution in [1.82, 2.24) is 5.43 Å². The topological polar surface area (TPSA) is 50.7 Å².